The highest BCUT2D eigenvalue weighted by Crippen LogP contribution is 2.26. The van der Waals surface area contributed by atoms with Crippen LogP contribution in [0.3, 0.4) is 0 Å². The van der Waals surface area contributed by atoms with Crippen LogP contribution in [0.1, 0.15) is 12.6 Å². The van der Waals surface area contributed by atoms with Gasteiger partial charge in [0.25, 0.3) is 5.69 Å². The lowest BCUT2D eigenvalue weighted by atomic mass is 10.3. The van der Waals surface area contributed by atoms with E-state index in [9.17, 15) is 14.9 Å². The number of carbonyl (C=O) groups excluding carboxylic acids is 1. The number of nitro benzene ring substituents is 1. The van der Waals surface area contributed by atoms with Crippen LogP contribution >= 0.6 is 11.8 Å². The van der Waals surface area contributed by atoms with Gasteiger partial charge in [0.2, 0.25) is 5.91 Å². The Morgan fingerprint density at radius 1 is 1.12 bits per heavy atom. The van der Waals surface area contributed by atoms with Crippen LogP contribution in [0.25, 0.3) is 11.0 Å². The van der Waals surface area contributed by atoms with Crippen LogP contribution in [0.4, 0.5) is 11.4 Å². The van der Waals surface area contributed by atoms with E-state index in [-0.39, 0.29) is 11.6 Å². The van der Waals surface area contributed by atoms with Gasteiger partial charge in [-0.1, -0.05) is 23.9 Å². The summed E-state index contributed by atoms with van der Waals surface area (Å²) >= 11 is 1.33. The second-order valence-corrected chi connectivity index (χ2v) is 6.99. The van der Waals surface area contributed by atoms with Crippen molar-refractivity contribution in [2.24, 2.45) is 0 Å². The van der Waals surface area contributed by atoms with Gasteiger partial charge in [0.1, 0.15) is 5.03 Å². The molecule has 7 nitrogen and oxygen atoms in total. The number of non-ortho nitro benzene ring substituents is 1. The number of anilines is 1. The van der Waals surface area contributed by atoms with Crippen molar-refractivity contribution in [1.29, 1.82) is 0 Å². The van der Waals surface area contributed by atoms with Gasteiger partial charge in [0, 0.05) is 17.8 Å². The van der Waals surface area contributed by atoms with E-state index in [4.69, 9.17) is 0 Å². The average Bonchev–Trinajstić information content (AvgIpc) is 2.62. The fourth-order valence-electron chi connectivity index (χ4n) is 2.32. The Balaban J connectivity index is 1.71. The van der Waals surface area contributed by atoms with Gasteiger partial charge in [-0.25, -0.2) is 9.97 Å². The molecule has 0 bridgehead atoms. The Bertz CT molecular complexity index is 976. The van der Waals surface area contributed by atoms with E-state index < -0.39 is 10.2 Å². The summed E-state index contributed by atoms with van der Waals surface area (Å²) in [4.78, 5) is 31.7. The molecule has 3 aromatic rings. The predicted molar refractivity (Wildman–Crippen MR) is 101 cm³/mol. The molecule has 0 aliphatic heterocycles. The van der Waals surface area contributed by atoms with Crippen LogP contribution < -0.4 is 5.32 Å². The number of amides is 1. The number of para-hydroxylation sites is 2. The first-order chi connectivity index (χ1) is 12.4. The molecule has 0 radical (unpaired) electrons. The molecule has 1 amide bonds. The topological polar surface area (TPSA) is 98.0 Å². The molecule has 1 aromatic heterocycles. The van der Waals surface area contributed by atoms with Gasteiger partial charge in [-0.2, -0.15) is 0 Å². The maximum absolute atomic E-state index is 12.4. The number of rotatable bonds is 5. The average molecular weight is 368 g/mol. The van der Waals surface area contributed by atoms with Crippen molar-refractivity contribution in [2.75, 3.05) is 5.32 Å². The number of hydrogen-bond donors (Lipinski definition) is 1. The number of carbonyl (C=O) groups is 1. The lowest BCUT2D eigenvalue weighted by Gasteiger charge is -2.13. The Morgan fingerprint density at radius 3 is 2.35 bits per heavy atom. The second kappa shape index (κ2) is 7.49. The normalized spacial score (nSPS) is 11.9. The molecule has 1 atom stereocenters. The second-order valence-electron chi connectivity index (χ2n) is 5.66. The fourth-order valence-corrected chi connectivity index (χ4v) is 3.18. The Morgan fingerprint density at radius 2 is 1.73 bits per heavy atom. The van der Waals surface area contributed by atoms with E-state index in [0.29, 0.717) is 10.7 Å². The van der Waals surface area contributed by atoms with Crippen molar-refractivity contribution in [3.05, 3.63) is 64.3 Å². The molecule has 1 heterocycles. The van der Waals surface area contributed by atoms with E-state index in [1.165, 1.54) is 36.0 Å². The monoisotopic (exact) mass is 368 g/mol. The molecule has 3 rings (SSSR count). The molecule has 0 spiro atoms. The molecular weight excluding hydrogens is 352 g/mol. The lowest BCUT2D eigenvalue weighted by Crippen LogP contribution is -2.22. The summed E-state index contributed by atoms with van der Waals surface area (Å²) in [7, 11) is 0. The van der Waals surface area contributed by atoms with Gasteiger partial charge in [-0.05, 0) is 38.1 Å². The molecule has 0 aliphatic rings. The number of nitrogens with zero attached hydrogens (tertiary/aromatic N) is 3. The van der Waals surface area contributed by atoms with Gasteiger partial charge in [0.05, 0.1) is 26.9 Å². The van der Waals surface area contributed by atoms with Gasteiger partial charge < -0.3 is 5.32 Å². The third-order valence-electron chi connectivity index (χ3n) is 3.70. The molecule has 1 N–H and O–H groups in total. The summed E-state index contributed by atoms with van der Waals surface area (Å²) in [6.45, 7) is 3.64. The van der Waals surface area contributed by atoms with E-state index in [1.807, 2.05) is 31.2 Å². The largest absolute Gasteiger partial charge is 0.325 e. The van der Waals surface area contributed by atoms with Gasteiger partial charge in [-0.15, -0.1) is 0 Å². The maximum Gasteiger partial charge on any atom is 0.269 e. The maximum atomic E-state index is 12.4. The minimum absolute atomic E-state index is 0.0208. The highest BCUT2D eigenvalue weighted by molar-refractivity contribution is 8.00. The molecule has 2 aromatic carbocycles. The van der Waals surface area contributed by atoms with Crippen molar-refractivity contribution in [2.45, 2.75) is 24.1 Å². The zero-order valence-corrected chi connectivity index (χ0v) is 15.0. The Kier molecular flexibility index (Phi) is 5.13. The van der Waals surface area contributed by atoms with Crippen LogP contribution in [-0.4, -0.2) is 26.0 Å². The van der Waals surface area contributed by atoms with E-state index in [1.54, 1.807) is 6.92 Å². The number of aromatic nitrogens is 2. The van der Waals surface area contributed by atoms with Crippen molar-refractivity contribution in [1.82, 2.24) is 9.97 Å². The van der Waals surface area contributed by atoms with Crippen molar-refractivity contribution in [3.8, 4) is 0 Å². The minimum Gasteiger partial charge on any atom is -0.325 e. The molecule has 132 valence electrons. The summed E-state index contributed by atoms with van der Waals surface area (Å²) in [6, 6.07) is 13.3. The van der Waals surface area contributed by atoms with Crippen LogP contribution in [0.15, 0.2) is 53.6 Å². The smallest absolute Gasteiger partial charge is 0.269 e. The number of fused-ring (bicyclic) bond motifs is 1. The van der Waals surface area contributed by atoms with Gasteiger partial charge >= 0.3 is 0 Å². The lowest BCUT2D eigenvalue weighted by molar-refractivity contribution is -0.384. The van der Waals surface area contributed by atoms with Crippen molar-refractivity contribution in [3.63, 3.8) is 0 Å². The van der Waals surface area contributed by atoms with Gasteiger partial charge in [0.15, 0.2) is 0 Å². The predicted octanol–water partition coefficient (Wildman–Crippen LogP) is 3.97. The third-order valence-corrected chi connectivity index (χ3v) is 4.88. The first-order valence-corrected chi connectivity index (χ1v) is 8.77. The number of benzene rings is 2. The summed E-state index contributed by atoms with van der Waals surface area (Å²) < 4.78 is 0. The van der Waals surface area contributed by atoms with E-state index >= 15 is 0 Å². The summed E-state index contributed by atoms with van der Waals surface area (Å²) in [5.41, 5.74) is 2.85. The summed E-state index contributed by atoms with van der Waals surface area (Å²) in [6.07, 6.45) is 0. The van der Waals surface area contributed by atoms with E-state index in [2.05, 4.69) is 15.3 Å². The zero-order valence-electron chi connectivity index (χ0n) is 14.2. The number of thioether (sulfide) groups is 1. The summed E-state index contributed by atoms with van der Waals surface area (Å²) in [5.74, 6) is -0.210. The number of aryl methyl sites for hydroxylation is 1. The quantitative estimate of drug-likeness (QED) is 0.416. The SMILES string of the molecule is Cc1nc2ccccc2nc1SC(C)C(=O)Nc1ccc([N+](=O)[O-])cc1. The number of nitro groups is 1. The highest BCUT2D eigenvalue weighted by atomic mass is 32.2. The van der Waals surface area contributed by atoms with Crippen LogP contribution in [0.5, 0.6) is 0 Å². The standard InChI is InChI=1S/C18H16N4O3S/c1-11-18(21-16-6-4-3-5-15(16)19-11)26-12(2)17(23)20-13-7-9-14(10-8-13)22(24)25/h3-10,12H,1-2H3,(H,20,23). The van der Waals surface area contributed by atoms with E-state index in [0.717, 1.165) is 16.7 Å². The summed E-state index contributed by atoms with van der Waals surface area (Å²) in [5, 5.41) is 13.7. The highest BCUT2D eigenvalue weighted by Gasteiger charge is 2.18. The van der Waals surface area contributed by atoms with Crippen molar-refractivity contribution >= 4 is 40.1 Å². The molecule has 8 heteroatoms. The number of hydrogen-bond acceptors (Lipinski definition) is 6. The number of nitrogens with one attached hydrogen (secondary N) is 1. The molecule has 0 saturated carbocycles. The van der Waals surface area contributed by atoms with Crippen LogP contribution in [0.2, 0.25) is 0 Å². The minimum atomic E-state index is -0.481. The molecule has 26 heavy (non-hydrogen) atoms. The third kappa shape index (κ3) is 3.97. The zero-order chi connectivity index (χ0) is 18.7. The molecule has 0 fully saturated rings. The Hall–Kier alpha value is -3.00. The first-order valence-electron chi connectivity index (χ1n) is 7.89. The van der Waals surface area contributed by atoms with Gasteiger partial charge in [-0.3, -0.25) is 14.9 Å². The Labute approximate surface area is 154 Å². The van der Waals surface area contributed by atoms with Crippen LogP contribution in [-0.2, 0) is 4.79 Å². The molecular formula is C18H16N4O3S. The fraction of sp³-hybridized carbons (Fsp3) is 0.167. The first kappa shape index (κ1) is 17.8. The molecule has 0 saturated heterocycles. The molecule has 1 unspecified atom stereocenters. The van der Waals surface area contributed by atoms with Crippen molar-refractivity contribution < 1.29 is 9.72 Å². The molecule has 0 aliphatic carbocycles. The van der Waals surface area contributed by atoms with Crippen LogP contribution in [0, 0.1) is 17.0 Å².